The fourth-order valence-electron chi connectivity index (χ4n) is 4.45. The van der Waals surface area contributed by atoms with Crippen molar-refractivity contribution in [3.8, 4) is 0 Å². The van der Waals surface area contributed by atoms with Crippen LogP contribution in [-0.2, 0) is 32.6 Å². The SMILES string of the molecule is COC(=O)N[C@@H](Cc1ccccc1Cl)C(=O)N[C@@H](C)CCC[C@@H](CO)N(C(C)C)S(=O)(=O)c1ccc(CO)cc1. The highest BCUT2D eigenvalue weighted by molar-refractivity contribution is 7.89. The molecule has 0 heterocycles. The number of amides is 2. The molecular formula is C28H40ClN3O7S. The topological polar surface area (TPSA) is 145 Å². The van der Waals surface area contributed by atoms with E-state index in [1.54, 1.807) is 50.2 Å². The molecule has 0 aromatic heterocycles. The van der Waals surface area contributed by atoms with E-state index in [0.29, 0.717) is 35.4 Å². The van der Waals surface area contributed by atoms with Crippen molar-refractivity contribution in [2.24, 2.45) is 0 Å². The van der Waals surface area contributed by atoms with Crippen LogP contribution in [0.15, 0.2) is 53.4 Å². The Morgan fingerprint density at radius 3 is 2.20 bits per heavy atom. The minimum atomic E-state index is -3.91. The number of rotatable bonds is 15. The van der Waals surface area contributed by atoms with Gasteiger partial charge in [-0.25, -0.2) is 13.2 Å². The van der Waals surface area contributed by atoms with Crippen LogP contribution in [0.25, 0.3) is 0 Å². The summed E-state index contributed by atoms with van der Waals surface area (Å²) in [5.41, 5.74) is 1.29. The number of aliphatic hydroxyl groups is 2. The van der Waals surface area contributed by atoms with Gasteiger partial charge in [0.25, 0.3) is 0 Å². The number of nitrogens with zero attached hydrogens (tertiary/aromatic N) is 1. The van der Waals surface area contributed by atoms with E-state index in [1.807, 2.05) is 6.92 Å². The minimum Gasteiger partial charge on any atom is -0.453 e. The summed E-state index contributed by atoms with van der Waals surface area (Å²) in [4.78, 5) is 25.0. The van der Waals surface area contributed by atoms with Crippen LogP contribution in [0.4, 0.5) is 4.79 Å². The monoisotopic (exact) mass is 597 g/mol. The maximum Gasteiger partial charge on any atom is 0.407 e. The summed E-state index contributed by atoms with van der Waals surface area (Å²) in [5.74, 6) is -0.408. The summed E-state index contributed by atoms with van der Waals surface area (Å²) in [6.07, 6.45) is 0.823. The zero-order valence-corrected chi connectivity index (χ0v) is 24.9. The molecule has 0 spiro atoms. The van der Waals surface area contributed by atoms with Gasteiger partial charge in [0.2, 0.25) is 15.9 Å². The van der Waals surface area contributed by atoms with Crippen molar-refractivity contribution in [2.45, 2.75) is 82.1 Å². The molecule has 0 unspecified atom stereocenters. The molecule has 12 heteroatoms. The van der Waals surface area contributed by atoms with E-state index in [9.17, 15) is 28.2 Å². The molecule has 2 amide bonds. The van der Waals surface area contributed by atoms with Gasteiger partial charge in [0, 0.05) is 29.6 Å². The average molecular weight is 598 g/mol. The van der Waals surface area contributed by atoms with Crippen LogP contribution in [0.1, 0.15) is 51.2 Å². The number of methoxy groups -OCH3 is 1. The number of ether oxygens (including phenoxy) is 1. The first kappa shape index (κ1) is 33.5. The number of hydrogen-bond acceptors (Lipinski definition) is 7. The molecule has 0 aliphatic carbocycles. The second-order valence-electron chi connectivity index (χ2n) is 9.89. The molecule has 222 valence electrons. The third-order valence-electron chi connectivity index (χ3n) is 6.50. The molecule has 0 saturated carbocycles. The standard InChI is InChI=1S/C28H40ClN3O7S/c1-19(2)32(40(37,38)24-14-12-21(17-33)13-15-24)23(18-34)10-7-8-20(3)30-27(35)26(31-28(36)39-4)16-22-9-5-6-11-25(22)29/h5-6,9,11-15,19-20,23,26,33-34H,7-8,10,16-18H2,1-4H3,(H,30,35)(H,31,36)/t20-,23-,26-/m0/s1. The molecule has 10 nitrogen and oxygen atoms in total. The lowest BCUT2D eigenvalue weighted by Crippen LogP contribution is -2.50. The van der Waals surface area contributed by atoms with Gasteiger partial charge in [0.05, 0.1) is 25.2 Å². The van der Waals surface area contributed by atoms with Crippen LogP contribution < -0.4 is 10.6 Å². The largest absolute Gasteiger partial charge is 0.453 e. The van der Waals surface area contributed by atoms with Crippen LogP contribution in [0, 0.1) is 0 Å². The van der Waals surface area contributed by atoms with Crippen molar-refractivity contribution in [3.05, 3.63) is 64.7 Å². The first-order chi connectivity index (χ1) is 18.9. The molecule has 0 radical (unpaired) electrons. The smallest absolute Gasteiger partial charge is 0.407 e. The number of nitrogens with one attached hydrogen (secondary N) is 2. The first-order valence-electron chi connectivity index (χ1n) is 13.2. The fraction of sp³-hybridized carbons (Fsp3) is 0.500. The summed E-state index contributed by atoms with van der Waals surface area (Å²) in [6, 6.07) is 10.8. The third kappa shape index (κ3) is 9.45. The Morgan fingerprint density at radius 2 is 1.65 bits per heavy atom. The van der Waals surface area contributed by atoms with Gasteiger partial charge in [-0.05, 0) is 69.4 Å². The second kappa shape index (κ2) is 15.9. The van der Waals surface area contributed by atoms with Crippen LogP contribution in [0.3, 0.4) is 0 Å². The zero-order valence-electron chi connectivity index (χ0n) is 23.3. The van der Waals surface area contributed by atoms with Crippen LogP contribution in [0.2, 0.25) is 5.02 Å². The number of alkyl carbamates (subject to hydrolysis) is 1. The lowest BCUT2D eigenvalue weighted by Gasteiger charge is -2.33. The van der Waals surface area contributed by atoms with Crippen LogP contribution >= 0.6 is 11.6 Å². The predicted molar refractivity (Wildman–Crippen MR) is 153 cm³/mol. The average Bonchev–Trinajstić information content (AvgIpc) is 2.92. The Bertz CT molecular complexity index is 1210. The Labute approximate surface area is 241 Å². The van der Waals surface area contributed by atoms with E-state index in [0.717, 1.165) is 0 Å². The molecule has 2 aromatic carbocycles. The first-order valence-corrected chi connectivity index (χ1v) is 15.0. The highest BCUT2D eigenvalue weighted by atomic mass is 35.5. The fourth-order valence-corrected chi connectivity index (χ4v) is 6.51. The maximum absolute atomic E-state index is 13.4. The quantitative estimate of drug-likeness (QED) is 0.247. The van der Waals surface area contributed by atoms with Gasteiger partial charge in [0.15, 0.2) is 0 Å². The summed E-state index contributed by atoms with van der Waals surface area (Å²) >= 11 is 6.24. The van der Waals surface area contributed by atoms with Gasteiger partial charge < -0.3 is 25.6 Å². The van der Waals surface area contributed by atoms with Gasteiger partial charge in [-0.3, -0.25) is 4.79 Å². The molecular weight excluding hydrogens is 558 g/mol. The van der Waals surface area contributed by atoms with Crippen LogP contribution in [-0.4, -0.2) is 72.8 Å². The molecule has 0 saturated heterocycles. The maximum atomic E-state index is 13.4. The molecule has 0 aliphatic rings. The molecule has 0 aliphatic heterocycles. The molecule has 40 heavy (non-hydrogen) atoms. The molecule has 3 atom stereocenters. The Hall–Kier alpha value is -2.70. The molecule has 2 aromatic rings. The number of carbonyl (C=O) groups is 2. The lowest BCUT2D eigenvalue weighted by molar-refractivity contribution is -0.123. The number of aliphatic hydroxyl groups excluding tert-OH is 2. The molecule has 0 bridgehead atoms. The van der Waals surface area contributed by atoms with E-state index in [2.05, 4.69) is 15.4 Å². The van der Waals surface area contributed by atoms with Crippen molar-refractivity contribution in [2.75, 3.05) is 13.7 Å². The predicted octanol–water partition coefficient (Wildman–Crippen LogP) is 3.23. The van der Waals surface area contributed by atoms with Gasteiger partial charge in [-0.1, -0.05) is 41.9 Å². The number of benzene rings is 2. The number of sulfonamides is 1. The van der Waals surface area contributed by atoms with E-state index in [1.165, 1.54) is 23.5 Å². The van der Waals surface area contributed by atoms with Crippen molar-refractivity contribution in [3.63, 3.8) is 0 Å². The van der Waals surface area contributed by atoms with Gasteiger partial charge in [-0.15, -0.1) is 0 Å². The van der Waals surface area contributed by atoms with Gasteiger partial charge >= 0.3 is 6.09 Å². The van der Waals surface area contributed by atoms with Crippen molar-refractivity contribution >= 4 is 33.6 Å². The Balaban J connectivity index is 2.04. The highest BCUT2D eigenvalue weighted by Crippen LogP contribution is 2.24. The van der Waals surface area contributed by atoms with Crippen molar-refractivity contribution in [1.82, 2.24) is 14.9 Å². The number of hydrogen-bond donors (Lipinski definition) is 4. The van der Waals surface area contributed by atoms with Gasteiger partial charge in [0.1, 0.15) is 6.04 Å². The second-order valence-corrected chi connectivity index (χ2v) is 12.1. The van der Waals surface area contributed by atoms with E-state index >= 15 is 0 Å². The van der Waals surface area contributed by atoms with Crippen molar-refractivity contribution in [1.29, 1.82) is 0 Å². The van der Waals surface area contributed by atoms with Crippen molar-refractivity contribution < 1.29 is 33.0 Å². The number of halogens is 1. The third-order valence-corrected chi connectivity index (χ3v) is 9.01. The van der Waals surface area contributed by atoms with E-state index in [4.69, 9.17) is 11.6 Å². The normalized spacial score (nSPS) is 14.0. The minimum absolute atomic E-state index is 0.0835. The van der Waals surface area contributed by atoms with Crippen LogP contribution in [0.5, 0.6) is 0 Å². The Kier molecular flexibility index (Phi) is 13.3. The Morgan fingerprint density at radius 1 is 1.00 bits per heavy atom. The van der Waals surface area contributed by atoms with E-state index < -0.39 is 40.1 Å². The summed E-state index contributed by atoms with van der Waals surface area (Å²) in [7, 11) is -2.69. The zero-order chi connectivity index (χ0) is 29.9. The van der Waals surface area contributed by atoms with E-state index in [-0.39, 0.29) is 30.6 Å². The molecule has 2 rings (SSSR count). The summed E-state index contributed by atoms with van der Waals surface area (Å²) < 4.78 is 32.8. The molecule has 4 N–H and O–H groups in total. The summed E-state index contributed by atoms with van der Waals surface area (Å²) in [6.45, 7) is 4.75. The lowest BCUT2D eigenvalue weighted by atomic mass is 10.0. The van der Waals surface area contributed by atoms with Gasteiger partial charge in [-0.2, -0.15) is 4.31 Å². The highest BCUT2D eigenvalue weighted by Gasteiger charge is 2.33. The number of carbonyl (C=O) groups excluding carboxylic acids is 2. The molecule has 0 fully saturated rings. The summed E-state index contributed by atoms with van der Waals surface area (Å²) in [5, 5.41) is 25.3.